The van der Waals surface area contributed by atoms with Gasteiger partial charge < -0.3 is 15.5 Å². The Morgan fingerprint density at radius 3 is 2.58 bits per heavy atom. The Kier molecular flexibility index (Phi) is 6.70. The second-order valence-electron chi connectivity index (χ2n) is 7.08. The Hall–Kier alpha value is -1.40. The molecule has 0 radical (unpaired) electrons. The molecule has 1 saturated heterocycles. The van der Waals surface area contributed by atoms with Crippen LogP contribution in [0.25, 0.3) is 0 Å². The zero-order valence-electron chi connectivity index (χ0n) is 15.2. The van der Waals surface area contributed by atoms with Crippen molar-refractivity contribution in [3.63, 3.8) is 0 Å². The van der Waals surface area contributed by atoms with Crippen LogP contribution in [0.2, 0.25) is 0 Å². The summed E-state index contributed by atoms with van der Waals surface area (Å²) in [6, 6.07) is 14.1. The zero-order chi connectivity index (χ0) is 18.5. The average Bonchev–Trinajstić information content (AvgIpc) is 2.64. The predicted molar refractivity (Wildman–Crippen MR) is 108 cm³/mol. The van der Waals surface area contributed by atoms with E-state index in [0.29, 0.717) is 5.75 Å². The fourth-order valence-electron chi connectivity index (χ4n) is 3.45. The number of halogens is 1. The molecule has 1 atom stereocenters. The summed E-state index contributed by atoms with van der Waals surface area (Å²) in [4.78, 5) is 2.41. The van der Waals surface area contributed by atoms with Gasteiger partial charge in [-0.2, -0.15) is 0 Å². The van der Waals surface area contributed by atoms with Crippen LogP contribution in [0.3, 0.4) is 0 Å². The van der Waals surface area contributed by atoms with E-state index in [1.165, 1.54) is 11.1 Å². The van der Waals surface area contributed by atoms with Gasteiger partial charge in [-0.25, -0.2) is 0 Å². The van der Waals surface area contributed by atoms with E-state index in [0.717, 1.165) is 49.1 Å². The van der Waals surface area contributed by atoms with Crippen LogP contribution in [-0.2, 0) is 13.1 Å². The molecule has 0 unspecified atom stereocenters. The normalized spacial score (nSPS) is 17.3. The third-order valence-electron chi connectivity index (χ3n) is 5.12. The second-order valence-corrected chi connectivity index (χ2v) is 8.00. The number of benzene rings is 2. The number of aromatic hydroxyl groups is 1. The fraction of sp³-hybridized carbons (Fsp3) is 0.429. The molecule has 3 N–H and O–H groups in total. The summed E-state index contributed by atoms with van der Waals surface area (Å²) >= 11 is 3.47. The van der Waals surface area contributed by atoms with E-state index in [4.69, 9.17) is 0 Å². The van der Waals surface area contributed by atoms with E-state index in [9.17, 15) is 10.2 Å². The van der Waals surface area contributed by atoms with Crippen LogP contribution in [-0.4, -0.2) is 34.3 Å². The number of hydrogen-bond donors (Lipinski definition) is 3. The molecule has 140 valence electrons. The average molecular weight is 419 g/mol. The van der Waals surface area contributed by atoms with Crippen LogP contribution < -0.4 is 5.32 Å². The van der Waals surface area contributed by atoms with Gasteiger partial charge in [0.2, 0.25) is 0 Å². The van der Waals surface area contributed by atoms with Crippen molar-refractivity contribution in [1.82, 2.24) is 10.2 Å². The fourth-order valence-corrected chi connectivity index (χ4v) is 3.83. The molecule has 0 bridgehead atoms. The molecule has 1 heterocycles. The molecule has 0 saturated carbocycles. The molecule has 1 fully saturated rings. The zero-order valence-corrected chi connectivity index (χ0v) is 16.7. The lowest BCUT2D eigenvalue weighted by atomic mass is 10.0. The maximum atomic E-state index is 10.1. The molecule has 5 heteroatoms. The lowest BCUT2D eigenvalue weighted by molar-refractivity contribution is 0.0791. The van der Waals surface area contributed by atoms with Crippen LogP contribution in [0.5, 0.6) is 5.75 Å². The maximum Gasteiger partial charge on any atom is 0.120 e. The standard InChI is InChI=1S/C21H27BrN2O2/c1-15(20-12-18(22)6-7-21(20)26)23-13-16-4-2-3-5-17(16)14-24-10-8-19(25)9-11-24/h2-7,12,15,19,23,25-26H,8-11,13-14H2,1H3/t15-/m0/s1. The Morgan fingerprint density at radius 1 is 1.15 bits per heavy atom. The summed E-state index contributed by atoms with van der Waals surface area (Å²) in [5.41, 5.74) is 3.49. The van der Waals surface area contributed by atoms with E-state index >= 15 is 0 Å². The summed E-state index contributed by atoms with van der Waals surface area (Å²) < 4.78 is 0.964. The first kappa shape index (κ1) is 19.4. The largest absolute Gasteiger partial charge is 0.508 e. The molecule has 0 aromatic heterocycles. The van der Waals surface area contributed by atoms with Gasteiger partial charge >= 0.3 is 0 Å². The molecular weight excluding hydrogens is 392 g/mol. The minimum absolute atomic E-state index is 0.0469. The lowest BCUT2D eigenvalue weighted by Crippen LogP contribution is -2.35. The number of likely N-dealkylation sites (tertiary alicyclic amines) is 1. The highest BCUT2D eigenvalue weighted by Gasteiger charge is 2.18. The quantitative estimate of drug-likeness (QED) is 0.664. The minimum Gasteiger partial charge on any atom is -0.508 e. The van der Waals surface area contributed by atoms with Crippen LogP contribution >= 0.6 is 15.9 Å². The molecule has 0 amide bonds. The molecule has 4 nitrogen and oxygen atoms in total. The first-order valence-corrected chi connectivity index (χ1v) is 10.0. The molecular formula is C21H27BrN2O2. The number of piperidine rings is 1. The predicted octanol–water partition coefficient (Wildman–Crippen LogP) is 3.96. The Labute approximate surface area is 164 Å². The Morgan fingerprint density at radius 2 is 1.85 bits per heavy atom. The first-order valence-electron chi connectivity index (χ1n) is 9.22. The van der Waals surface area contributed by atoms with E-state index in [2.05, 4.69) is 57.3 Å². The number of aliphatic hydroxyl groups excluding tert-OH is 1. The van der Waals surface area contributed by atoms with Crippen molar-refractivity contribution in [3.8, 4) is 5.75 Å². The summed E-state index contributed by atoms with van der Waals surface area (Å²) in [5, 5.41) is 23.3. The molecule has 2 aromatic carbocycles. The van der Waals surface area contributed by atoms with Gasteiger partial charge in [-0.15, -0.1) is 0 Å². The van der Waals surface area contributed by atoms with Gasteiger partial charge in [-0.3, -0.25) is 4.90 Å². The topological polar surface area (TPSA) is 55.7 Å². The van der Waals surface area contributed by atoms with Gasteiger partial charge in [0.1, 0.15) is 5.75 Å². The third kappa shape index (κ3) is 5.07. The SMILES string of the molecule is C[C@H](NCc1ccccc1CN1CCC(O)CC1)c1cc(Br)ccc1O. The van der Waals surface area contributed by atoms with Crippen molar-refractivity contribution in [2.75, 3.05) is 13.1 Å². The monoisotopic (exact) mass is 418 g/mol. The van der Waals surface area contributed by atoms with Crippen molar-refractivity contribution in [2.45, 2.75) is 45.0 Å². The number of phenols is 1. The van der Waals surface area contributed by atoms with Crippen LogP contribution in [0.1, 0.15) is 42.5 Å². The van der Waals surface area contributed by atoms with Crippen LogP contribution in [0.15, 0.2) is 46.9 Å². The van der Waals surface area contributed by atoms with Crippen molar-refractivity contribution in [3.05, 3.63) is 63.6 Å². The van der Waals surface area contributed by atoms with Crippen molar-refractivity contribution in [2.24, 2.45) is 0 Å². The molecule has 1 aliphatic rings. The van der Waals surface area contributed by atoms with Crippen LogP contribution in [0, 0.1) is 0 Å². The van der Waals surface area contributed by atoms with Gasteiger partial charge in [0.15, 0.2) is 0 Å². The molecule has 1 aliphatic heterocycles. The van der Waals surface area contributed by atoms with Gasteiger partial charge in [-0.05, 0) is 49.1 Å². The summed E-state index contributed by atoms with van der Waals surface area (Å²) in [6.07, 6.45) is 1.58. The van der Waals surface area contributed by atoms with Crippen molar-refractivity contribution < 1.29 is 10.2 Å². The second kappa shape index (κ2) is 9.00. The van der Waals surface area contributed by atoms with E-state index in [-0.39, 0.29) is 12.1 Å². The van der Waals surface area contributed by atoms with Crippen LogP contribution in [0.4, 0.5) is 0 Å². The third-order valence-corrected chi connectivity index (χ3v) is 5.62. The smallest absolute Gasteiger partial charge is 0.120 e. The molecule has 0 aliphatic carbocycles. The number of hydrogen-bond acceptors (Lipinski definition) is 4. The van der Waals surface area contributed by atoms with Gasteiger partial charge in [0.05, 0.1) is 6.10 Å². The van der Waals surface area contributed by atoms with Gasteiger partial charge in [0, 0.05) is 42.3 Å². The maximum absolute atomic E-state index is 10.1. The number of phenolic OH excluding ortho intramolecular Hbond substituents is 1. The highest BCUT2D eigenvalue weighted by molar-refractivity contribution is 9.10. The molecule has 3 rings (SSSR count). The molecule has 2 aromatic rings. The highest BCUT2D eigenvalue weighted by atomic mass is 79.9. The summed E-state index contributed by atoms with van der Waals surface area (Å²) in [6.45, 7) is 5.63. The number of aliphatic hydroxyl groups is 1. The number of nitrogens with zero attached hydrogens (tertiary/aromatic N) is 1. The molecule has 0 spiro atoms. The minimum atomic E-state index is -0.137. The highest BCUT2D eigenvalue weighted by Crippen LogP contribution is 2.28. The van der Waals surface area contributed by atoms with E-state index in [1.54, 1.807) is 6.07 Å². The molecule has 26 heavy (non-hydrogen) atoms. The van der Waals surface area contributed by atoms with Gasteiger partial charge in [0.25, 0.3) is 0 Å². The van der Waals surface area contributed by atoms with Crippen molar-refractivity contribution >= 4 is 15.9 Å². The van der Waals surface area contributed by atoms with Crippen molar-refractivity contribution in [1.29, 1.82) is 0 Å². The van der Waals surface area contributed by atoms with Gasteiger partial charge in [-0.1, -0.05) is 40.2 Å². The number of nitrogens with one attached hydrogen (secondary N) is 1. The Balaban J connectivity index is 1.64. The first-order chi connectivity index (χ1) is 12.5. The van der Waals surface area contributed by atoms with E-state index < -0.39 is 0 Å². The van der Waals surface area contributed by atoms with E-state index in [1.807, 2.05) is 12.1 Å². The summed E-state index contributed by atoms with van der Waals surface area (Å²) in [7, 11) is 0. The lowest BCUT2D eigenvalue weighted by Gasteiger charge is -2.30. The Bertz CT molecular complexity index is 730. The number of rotatable bonds is 6. The summed E-state index contributed by atoms with van der Waals surface area (Å²) in [5.74, 6) is 0.313.